The maximum Gasteiger partial charge on any atom is 0.332 e. The van der Waals surface area contributed by atoms with Crippen molar-refractivity contribution in [1.29, 1.82) is 0 Å². The third-order valence-corrected chi connectivity index (χ3v) is 5.29. The lowest BCUT2D eigenvalue weighted by Crippen LogP contribution is -2.89. The molecule has 142 valence electrons. The highest BCUT2D eigenvalue weighted by molar-refractivity contribution is 5.74. The van der Waals surface area contributed by atoms with Crippen LogP contribution in [0, 0.1) is 6.92 Å². The Kier molecular flexibility index (Phi) is 4.35. The first-order chi connectivity index (χ1) is 13.0. The number of rotatable bonds is 3. The number of hydrogen-bond donors (Lipinski definition) is 1. The first kappa shape index (κ1) is 17.5. The van der Waals surface area contributed by atoms with E-state index in [2.05, 4.69) is 15.2 Å². The Balaban J connectivity index is 1.86. The van der Waals surface area contributed by atoms with Crippen molar-refractivity contribution in [2.45, 2.75) is 13.5 Å². The van der Waals surface area contributed by atoms with Crippen molar-refractivity contribution in [2.75, 3.05) is 31.1 Å². The predicted octanol–water partition coefficient (Wildman–Crippen LogP) is -0.826. The fourth-order valence-electron chi connectivity index (χ4n) is 3.68. The van der Waals surface area contributed by atoms with Crippen molar-refractivity contribution in [2.24, 2.45) is 14.1 Å². The van der Waals surface area contributed by atoms with Crippen LogP contribution in [0.4, 0.5) is 5.95 Å². The standard InChI is InChI=1S/C19H24N6O2/c1-13-4-6-14(7-5-13)12-25-17(26)15-16(23(3)19(25)27)21-18(22(15)2)24-10-8-20-9-11-24/h4-7,20H,8-12H2,1-3H3/p+1. The van der Waals surface area contributed by atoms with E-state index in [-0.39, 0.29) is 17.8 Å². The summed E-state index contributed by atoms with van der Waals surface area (Å²) < 4.78 is 4.60. The summed E-state index contributed by atoms with van der Waals surface area (Å²) in [5.74, 6) is 0.748. The number of benzene rings is 1. The average Bonchev–Trinajstić information content (AvgIpc) is 3.03. The van der Waals surface area contributed by atoms with Gasteiger partial charge >= 0.3 is 5.69 Å². The summed E-state index contributed by atoms with van der Waals surface area (Å²) in [5, 5.41) is 2.27. The van der Waals surface area contributed by atoms with Gasteiger partial charge in [0.15, 0.2) is 11.2 Å². The maximum absolute atomic E-state index is 13.2. The largest absolute Gasteiger partial charge is 0.343 e. The highest BCUT2D eigenvalue weighted by Gasteiger charge is 2.23. The second-order valence-corrected chi connectivity index (χ2v) is 7.21. The second-order valence-electron chi connectivity index (χ2n) is 7.21. The van der Waals surface area contributed by atoms with E-state index >= 15 is 0 Å². The normalized spacial score (nSPS) is 14.9. The molecule has 8 heteroatoms. The molecule has 4 rings (SSSR count). The summed E-state index contributed by atoms with van der Waals surface area (Å²) in [6, 6.07) is 7.87. The van der Waals surface area contributed by atoms with Crippen LogP contribution in [0.25, 0.3) is 11.2 Å². The number of nitrogens with two attached hydrogens (primary N) is 1. The second kappa shape index (κ2) is 6.70. The average molecular weight is 369 g/mol. The van der Waals surface area contributed by atoms with Crippen molar-refractivity contribution in [3.05, 3.63) is 56.2 Å². The molecule has 1 aliphatic rings. The summed E-state index contributed by atoms with van der Waals surface area (Å²) in [4.78, 5) is 32.8. The van der Waals surface area contributed by atoms with Crippen molar-refractivity contribution < 1.29 is 5.32 Å². The summed E-state index contributed by atoms with van der Waals surface area (Å²) in [5.41, 5.74) is 2.34. The van der Waals surface area contributed by atoms with Gasteiger partial charge in [-0.15, -0.1) is 0 Å². The van der Waals surface area contributed by atoms with Gasteiger partial charge in [0.05, 0.1) is 32.7 Å². The molecule has 27 heavy (non-hydrogen) atoms. The minimum absolute atomic E-state index is 0.251. The maximum atomic E-state index is 13.2. The van der Waals surface area contributed by atoms with Gasteiger partial charge in [0.1, 0.15) is 0 Å². The molecule has 1 aliphatic heterocycles. The Morgan fingerprint density at radius 2 is 1.70 bits per heavy atom. The van der Waals surface area contributed by atoms with Gasteiger partial charge < -0.3 is 14.8 Å². The third-order valence-electron chi connectivity index (χ3n) is 5.29. The van der Waals surface area contributed by atoms with Crippen LogP contribution in [-0.2, 0) is 20.6 Å². The molecule has 0 unspecified atom stereocenters. The van der Waals surface area contributed by atoms with Gasteiger partial charge in [0.25, 0.3) is 5.56 Å². The first-order valence-electron chi connectivity index (χ1n) is 9.26. The number of quaternary nitrogens is 1. The Bertz CT molecular complexity index is 1100. The molecule has 0 spiro atoms. The molecule has 2 aromatic heterocycles. The molecular weight excluding hydrogens is 344 g/mol. The van der Waals surface area contributed by atoms with Crippen LogP contribution in [0.5, 0.6) is 0 Å². The number of imidazole rings is 1. The van der Waals surface area contributed by atoms with Crippen molar-refractivity contribution in [1.82, 2.24) is 18.7 Å². The van der Waals surface area contributed by atoms with Gasteiger partial charge in [-0.3, -0.25) is 13.9 Å². The van der Waals surface area contributed by atoms with Gasteiger partial charge in [0, 0.05) is 14.1 Å². The molecule has 1 saturated heterocycles. The fourth-order valence-corrected chi connectivity index (χ4v) is 3.68. The van der Waals surface area contributed by atoms with E-state index in [0.717, 1.165) is 43.3 Å². The fraction of sp³-hybridized carbons (Fsp3) is 0.421. The molecule has 0 radical (unpaired) electrons. The molecule has 3 heterocycles. The summed E-state index contributed by atoms with van der Waals surface area (Å²) in [7, 11) is 3.53. The van der Waals surface area contributed by atoms with E-state index in [0.29, 0.717) is 11.2 Å². The van der Waals surface area contributed by atoms with Gasteiger partial charge in [-0.2, -0.15) is 4.98 Å². The lowest BCUT2D eigenvalue weighted by molar-refractivity contribution is -0.655. The third kappa shape index (κ3) is 2.95. The number of piperazine rings is 1. The highest BCUT2D eigenvalue weighted by atomic mass is 16.2. The molecule has 0 bridgehead atoms. The molecule has 0 atom stereocenters. The molecule has 8 nitrogen and oxygen atoms in total. The minimum atomic E-state index is -0.343. The van der Waals surface area contributed by atoms with Gasteiger partial charge in [-0.1, -0.05) is 29.8 Å². The van der Waals surface area contributed by atoms with E-state index in [9.17, 15) is 9.59 Å². The van der Waals surface area contributed by atoms with E-state index < -0.39 is 0 Å². The van der Waals surface area contributed by atoms with Crippen LogP contribution >= 0.6 is 0 Å². The number of anilines is 1. The summed E-state index contributed by atoms with van der Waals surface area (Å²) in [6.45, 7) is 6.02. The number of aromatic nitrogens is 4. The Morgan fingerprint density at radius 1 is 1.04 bits per heavy atom. The number of fused-ring (bicyclic) bond motifs is 1. The van der Waals surface area contributed by atoms with Crippen molar-refractivity contribution in [3.63, 3.8) is 0 Å². The van der Waals surface area contributed by atoms with Crippen LogP contribution in [0.3, 0.4) is 0 Å². The smallest absolute Gasteiger partial charge is 0.332 e. The summed E-state index contributed by atoms with van der Waals surface area (Å²) >= 11 is 0. The lowest BCUT2D eigenvalue weighted by atomic mass is 10.1. The van der Waals surface area contributed by atoms with E-state index in [1.165, 1.54) is 9.13 Å². The molecule has 0 amide bonds. The van der Waals surface area contributed by atoms with Gasteiger partial charge in [-0.25, -0.2) is 4.79 Å². The van der Waals surface area contributed by atoms with Gasteiger partial charge in [-0.05, 0) is 12.5 Å². The Morgan fingerprint density at radius 3 is 2.37 bits per heavy atom. The highest BCUT2D eigenvalue weighted by Crippen LogP contribution is 2.17. The molecule has 1 fully saturated rings. The van der Waals surface area contributed by atoms with Gasteiger partial charge in [0.2, 0.25) is 5.95 Å². The quantitative estimate of drug-likeness (QED) is 0.654. The zero-order chi connectivity index (χ0) is 19.1. The number of aryl methyl sites for hydroxylation is 3. The van der Waals surface area contributed by atoms with Crippen LogP contribution in [0.1, 0.15) is 11.1 Å². The molecule has 3 aromatic rings. The zero-order valence-electron chi connectivity index (χ0n) is 16.0. The number of nitrogens with zero attached hydrogens (tertiary/aromatic N) is 5. The zero-order valence-corrected chi connectivity index (χ0v) is 16.0. The molecular formula is C19H25N6O2+. The van der Waals surface area contributed by atoms with Crippen molar-refractivity contribution in [3.8, 4) is 0 Å². The minimum Gasteiger partial charge on any atom is -0.343 e. The molecule has 0 aliphatic carbocycles. The molecule has 0 saturated carbocycles. The first-order valence-corrected chi connectivity index (χ1v) is 9.26. The SMILES string of the molecule is Cc1ccc(Cn2c(=O)c3c(nc(N4CC[NH2+]CC4)n3C)n(C)c2=O)cc1. The molecule has 2 N–H and O–H groups in total. The van der Waals surface area contributed by atoms with Crippen molar-refractivity contribution >= 4 is 17.1 Å². The van der Waals surface area contributed by atoms with E-state index in [1.54, 1.807) is 7.05 Å². The predicted molar refractivity (Wildman–Crippen MR) is 104 cm³/mol. The Hall–Kier alpha value is -2.87. The molecule has 1 aromatic carbocycles. The topological polar surface area (TPSA) is 81.7 Å². The lowest BCUT2D eigenvalue weighted by Gasteiger charge is -2.25. The van der Waals surface area contributed by atoms with Crippen LogP contribution in [-0.4, -0.2) is 44.9 Å². The number of hydrogen-bond acceptors (Lipinski definition) is 4. The van der Waals surface area contributed by atoms with E-state index in [1.807, 2.05) is 42.8 Å². The van der Waals surface area contributed by atoms with E-state index in [4.69, 9.17) is 0 Å². The summed E-state index contributed by atoms with van der Waals surface area (Å²) in [6.07, 6.45) is 0. The van der Waals surface area contributed by atoms with Crippen LogP contribution < -0.4 is 21.5 Å². The Labute approximate surface area is 156 Å². The van der Waals surface area contributed by atoms with Crippen LogP contribution in [0.2, 0.25) is 0 Å². The monoisotopic (exact) mass is 369 g/mol. The van der Waals surface area contributed by atoms with Crippen LogP contribution in [0.15, 0.2) is 33.9 Å².